The van der Waals surface area contributed by atoms with Crippen LogP contribution in [0.15, 0.2) is 35.5 Å². The van der Waals surface area contributed by atoms with E-state index in [1.807, 2.05) is 12.1 Å². The van der Waals surface area contributed by atoms with Crippen LogP contribution in [-0.2, 0) is 4.79 Å². The summed E-state index contributed by atoms with van der Waals surface area (Å²) in [5, 5.41) is 1.32. The molecule has 104 valence electrons. The summed E-state index contributed by atoms with van der Waals surface area (Å²) in [7, 11) is -0.0247. The van der Waals surface area contributed by atoms with Crippen LogP contribution in [0, 0.1) is 0 Å². The molecule has 0 atom stereocenters. The van der Waals surface area contributed by atoms with Crippen LogP contribution in [0.4, 0.5) is 0 Å². The fourth-order valence-corrected chi connectivity index (χ4v) is 4.45. The number of rotatable bonds is 7. The van der Waals surface area contributed by atoms with Crippen LogP contribution in [0.25, 0.3) is 0 Å². The third-order valence-corrected chi connectivity index (χ3v) is 6.26. The molecule has 1 aromatic rings. The number of benzene rings is 1. The number of carbonyl (C=O) groups is 1. The van der Waals surface area contributed by atoms with Gasteiger partial charge in [0, 0.05) is 0 Å². The number of carbonyl (C=O) groups excluding carboxylic acids is 1. The van der Waals surface area contributed by atoms with Crippen molar-refractivity contribution >= 4 is 19.5 Å². The Labute approximate surface area is 117 Å². The fourth-order valence-electron chi connectivity index (χ4n) is 2.11. The third-order valence-electron chi connectivity index (χ3n) is 3.35. The van der Waals surface area contributed by atoms with Gasteiger partial charge in [0.25, 0.3) is 0 Å². The van der Waals surface area contributed by atoms with Crippen LogP contribution in [0.3, 0.4) is 0 Å². The first kappa shape index (κ1) is 15.7. The molecule has 0 radical (unpaired) electrons. The molecule has 0 bridgehead atoms. The summed E-state index contributed by atoms with van der Waals surface area (Å²) in [4.78, 5) is 11.2. The molecule has 0 aromatic heterocycles. The Hall–Kier alpha value is -1.35. The lowest BCUT2D eigenvalue weighted by molar-refractivity contribution is -0.105. The second kappa shape index (κ2) is 7.29. The number of unbranched alkanes of at least 4 members (excludes halogenated alkanes) is 1. The quantitative estimate of drug-likeness (QED) is 0.433. The Morgan fingerprint density at radius 3 is 2.37 bits per heavy atom. The van der Waals surface area contributed by atoms with Gasteiger partial charge in [-0.1, -0.05) is 49.5 Å². The van der Waals surface area contributed by atoms with E-state index in [0.29, 0.717) is 0 Å². The monoisotopic (exact) mass is 276 g/mol. The van der Waals surface area contributed by atoms with Gasteiger partial charge < -0.3 is 4.74 Å². The zero-order valence-corrected chi connectivity index (χ0v) is 13.4. The van der Waals surface area contributed by atoms with E-state index in [-0.39, 0.29) is 0 Å². The Morgan fingerprint density at radius 2 is 1.89 bits per heavy atom. The molecule has 3 heteroatoms. The van der Waals surface area contributed by atoms with Gasteiger partial charge in [-0.25, -0.2) is 0 Å². The summed E-state index contributed by atoms with van der Waals surface area (Å²) in [6.07, 6.45) is 4.12. The lowest BCUT2D eigenvalue weighted by atomic mass is 10.1. The highest BCUT2D eigenvalue weighted by Crippen LogP contribution is 2.14. The highest BCUT2D eigenvalue weighted by Gasteiger charge is 2.21. The molecule has 0 amide bonds. The van der Waals surface area contributed by atoms with Gasteiger partial charge in [0.15, 0.2) is 0 Å². The van der Waals surface area contributed by atoms with Crippen molar-refractivity contribution in [3.05, 3.63) is 35.5 Å². The van der Waals surface area contributed by atoms with Gasteiger partial charge in [-0.05, 0) is 30.5 Å². The topological polar surface area (TPSA) is 26.3 Å². The van der Waals surface area contributed by atoms with Gasteiger partial charge >= 0.3 is 0 Å². The molecular formula is C16H24O2Si. The second-order valence-electron chi connectivity index (χ2n) is 5.39. The fraction of sp³-hybridized carbons (Fsp3) is 0.438. The molecule has 0 spiro atoms. The van der Waals surface area contributed by atoms with Gasteiger partial charge in [0.1, 0.15) is 20.1 Å². The van der Waals surface area contributed by atoms with Crippen molar-refractivity contribution in [3.8, 4) is 5.75 Å². The lowest BCUT2D eigenvalue weighted by Gasteiger charge is -2.20. The van der Waals surface area contributed by atoms with Gasteiger partial charge in [-0.3, -0.25) is 4.79 Å². The van der Waals surface area contributed by atoms with Crippen molar-refractivity contribution < 1.29 is 9.53 Å². The maximum absolute atomic E-state index is 11.2. The van der Waals surface area contributed by atoms with Crippen LogP contribution in [0.5, 0.6) is 5.75 Å². The molecule has 0 unspecified atom stereocenters. The maximum Gasteiger partial charge on any atom is 0.145 e. The van der Waals surface area contributed by atoms with Crippen molar-refractivity contribution in [2.45, 2.75) is 39.3 Å². The van der Waals surface area contributed by atoms with Crippen molar-refractivity contribution in [2.75, 3.05) is 7.11 Å². The third kappa shape index (κ3) is 4.67. The van der Waals surface area contributed by atoms with Gasteiger partial charge in [-0.2, -0.15) is 0 Å². The Morgan fingerprint density at radius 1 is 1.26 bits per heavy atom. The minimum Gasteiger partial charge on any atom is -0.497 e. The number of hydrogen-bond acceptors (Lipinski definition) is 2. The Balaban J connectivity index is 2.93. The summed E-state index contributed by atoms with van der Waals surface area (Å²) in [5.74, 6) is 0.874. The minimum absolute atomic E-state index is 0.874. The summed E-state index contributed by atoms with van der Waals surface area (Å²) in [6, 6.07) is 8.21. The summed E-state index contributed by atoms with van der Waals surface area (Å²) < 4.78 is 5.18. The molecule has 1 rings (SSSR count). The predicted octanol–water partition coefficient (Wildman–Crippen LogP) is 3.47. The first-order valence-corrected chi connectivity index (χ1v) is 9.92. The number of ether oxygens (including phenoxy) is 1. The maximum atomic E-state index is 11.2. The molecule has 1 aromatic carbocycles. The van der Waals surface area contributed by atoms with Crippen molar-refractivity contribution in [1.29, 1.82) is 0 Å². The number of aldehydes is 1. The van der Waals surface area contributed by atoms with E-state index in [1.165, 1.54) is 5.19 Å². The molecule has 0 saturated heterocycles. The Kier molecular flexibility index (Phi) is 6.02. The average molecular weight is 276 g/mol. The zero-order valence-electron chi connectivity index (χ0n) is 12.4. The molecule has 0 heterocycles. The molecule has 0 N–H and O–H groups in total. The Bertz CT molecular complexity index is 433. The molecule has 0 saturated carbocycles. The number of allylic oxidation sites excluding steroid dienone is 1. The molecule has 0 fully saturated rings. The largest absolute Gasteiger partial charge is 0.497 e. The van der Waals surface area contributed by atoms with Gasteiger partial charge in [-0.15, -0.1) is 0 Å². The number of hydrogen-bond donors (Lipinski definition) is 0. The van der Waals surface area contributed by atoms with Crippen molar-refractivity contribution in [2.24, 2.45) is 0 Å². The van der Waals surface area contributed by atoms with Gasteiger partial charge in [0.05, 0.1) is 7.11 Å². The second-order valence-corrected chi connectivity index (χ2v) is 9.70. The molecule has 0 aliphatic heterocycles. The first-order valence-electron chi connectivity index (χ1n) is 6.85. The normalized spacial score (nSPS) is 12.3. The van der Waals surface area contributed by atoms with E-state index < -0.39 is 8.07 Å². The highest BCUT2D eigenvalue weighted by molar-refractivity contribution is 6.94. The molecule has 0 aliphatic carbocycles. The van der Waals surface area contributed by atoms with Crippen molar-refractivity contribution in [3.63, 3.8) is 0 Å². The van der Waals surface area contributed by atoms with E-state index in [2.05, 4.69) is 37.8 Å². The zero-order chi connectivity index (χ0) is 14.3. The van der Waals surface area contributed by atoms with Crippen LogP contribution in [0.2, 0.25) is 13.1 Å². The van der Waals surface area contributed by atoms with Crippen LogP contribution < -0.4 is 9.92 Å². The number of methoxy groups -OCH3 is 1. The average Bonchev–Trinajstić information content (AvgIpc) is 2.43. The van der Waals surface area contributed by atoms with E-state index >= 15 is 0 Å². The van der Waals surface area contributed by atoms with E-state index in [4.69, 9.17) is 4.74 Å². The summed E-state index contributed by atoms with van der Waals surface area (Å²) >= 11 is 0. The molecule has 19 heavy (non-hydrogen) atoms. The summed E-state index contributed by atoms with van der Waals surface area (Å²) in [6.45, 7) is 6.68. The standard InChI is InChI=1S/C16H24O2Si/c1-5-6-7-14(12-17)13-19(3,4)16-10-8-15(18-2)9-11-16/h8-13H,5-7H2,1-4H3/b14-13-. The molecular weight excluding hydrogens is 252 g/mol. The molecule has 2 nitrogen and oxygen atoms in total. The van der Waals surface area contributed by atoms with Crippen LogP contribution in [0.1, 0.15) is 26.2 Å². The summed E-state index contributed by atoms with van der Waals surface area (Å²) in [5.41, 5.74) is 3.17. The van der Waals surface area contributed by atoms with E-state index in [0.717, 1.165) is 36.9 Å². The van der Waals surface area contributed by atoms with E-state index in [1.54, 1.807) is 7.11 Å². The molecule has 0 aliphatic rings. The SMILES string of the molecule is CCCC/C(C=O)=C/[Si](C)(C)c1ccc(OC)cc1. The smallest absolute Gasteiger partial charge is 0.145 e. The minimum atomic E-state index is -1.70. The van der Waals surface area contributed by atoms with Crippen LogP contribution >= 0.6 is 0 Å². The van der Waals surface area contributed by atoms with E-state index in [9.17, 15) is 4.79 Å². The first-order chi connectivity index (χ1) is 9.03. The lowest BCUT2D eigenvalue weighted by Crippen LogP contribution is -2.39. The highest BCUT2D eigenvalue weighted by atomic mass is 28.3. The van der Waals surface area contributed by atoms with Crippen molar-refractivity contribution in [1.82, 2.24) is 0 Å². The van der Waals surface area contributed by atoms with Gasteiger partial charge in [0.2, 0.25) is 0 Å². The van der Waals surface area contributed by atoms with Crippen LogP contribution in [-0.4, -0.2) is 21.5 Å². The predicted molar refractivity (Wildman–Crippen MR) is 83.8 cm³/mol.